The Kier molecular flexibility index (Phi) is 3.73. The second-order valence-corrected chi connectivity index (χ2v) is 5.98. The normalized spacial score (nSPS) is 14.3. The molecule has 0 saturated carbocycles. The van der Waals surface area contributed by atoms with Crippen molar-refractivity contribution in [3.05, 3.63) is 46.1 Å². The van der Waals surface area contributed by atoms with Gasteiger partial charge in [0.25, 0.3) is 5.91 Å². The average Bonchev–Trinajstić information content (AvgIpc) is 2.97. The van der Waals surface area contributed by atoms with Crippen molar-refractivity contribution >= 4 is 44.9 Å². The van der Waals surface area contributed by atoms with Gasteiger partial charge in [-0.2, -0.15) is 0 Å². The van der Waals surface area contributed by atoms with Crippen molar-refractivity contribution in [2.75, 3.05) is 0 Å². The third-order valence-electron chi connectivity index (χ3n) is 3.11. The molecule has 0 bridgehead atoms. The van der Waals surface area contributed by atoms with E-state index in [1.807, 2.05) is 37.3 Å². The Bertz CT molecular complexity index is 780. The maximum absolute atomic E-state index is 11.6. The second-order valence-electron chi connectivity index (χ2n) is 4.74. The van der Waals surface area contributed by atoms with Crippen LogP contribution in [0.3, 0.4) is 0 Å². The van der Waals surface area contributed by atoms with Crippen LogP contribution in [-0.2, 0) is 11.2 Å². The molecule has 0 aliphatic carbocycles. The predicted octanol–water partition coefficient (Wildman–Crippen LogP) is 3.42. The van der Waals surface area contributed by atoms with E-state index in [9.17, 15) is 4.79 Å². The van der Waals surface area contributed by atoms with Crippen LogP contribution in [0, 0.1) is 6.92 Å². The first-order valence-corrected chi connectivity index (χ1v) is 7.51. The molecule has 0 spiro atoms. The summed E-state index contributed by atoms with van der Waals surface area (Å²) >= 11 is 8.38. The van der Waals surface area contributed by atoms with Gasteiger partial charge in [-0.1, -0.05) is 22.0 Å². The molecule has 1 aliphatic rings. The molecule has 1 aromatic heterocycles. The molecule has 0 saturated heterocycles. The molecule has 0 fully saturated rings. The first-order chi connectivity index (χ1) is 10.0. The van der Waals surface area contributed by atoms with Gasteiger partial charge >= 0.3 is 0 Å². The molecular formula is C15H11BrN2O2S. The standard InChI is InChI=1S/C15H11BrN2O2S/c1-8-2-4-10(11(16)6-8)13-5-3-9(20-13)7-12-14(19)18-15(21)17-12/h2-6H,7H2,1H3,(H,18,19,21). The van der Waals surface area contributed by atoms with Crippen molar-refractivity contribution in [1.29, 1.82) is 0 Å². The zero-order chi connectivity index (χ0) is 15.0. The van der Waals surface area contributed by atoms with E-state index in [2.05, 4.69) is 26.2 Å². The van der Waals surface area contributed by atoms with Crippen molar-refractivity contribution in [2.45, 2.75) is 13.3 Å². The molecule has 1 aromatic carbocycles. The van der Waals surface area contributed by atoms with E-state index in [0.717, 1.165) is 15.8 Å². The highest BCUT2D eigenvalue weighted by atomic mass is 79.9. The maximum atomic E-state index is 11.6. The summed E-state index contributed by atoms with van der Waals surface area (Å²) in [6, 6.07) is 9.78. The van der Waals surface area contributed by atoms with Gasteiger partial charge in [0, 0.05) is 10.0 Å². The van der Waals surface area contributed by atoms with E-state index >= 15 is 0 Å². The van der Waals surface area contributed by atoms with Crippen LogP contribution in [0.1, 0.15) is 11.3 Å². The summed E-state index contributed by atoms with van der Waals surface area (Å²) in [6.07, 6.45) is 0.329. The van der Waals surface area contributed by atoms with Crippen LogP contribution in [0.15, 0.2) is 44.2 Å². The Balaban J connectivity index is 1.85. The van der Waals surface area contributed by atoms with E-state index in [1.54, 1.807) is 0 Å². The van der Waals surface area contributed by atoms with Crippen molar-refractivity contribution in [3.63, 3.8) is 0 Å². The molecule has 4 nitrogen and oxygen atoms in total. The molecule has 6 heteroatoms. The Morgan fingerprint density at radius 3 is 2.81 bits per heavy atom. The van der Waals surface area contributed by atoms with Gasteiger partial charge in [-0.25, -0.2) is 4.99 Å². The van der Waals surface area contributed by atoms with Gasteiger partial charge in [0.05, 0.1) is 6.42 Å². The number of carbonyl (C=O) groups excluding carboxylic acids is 1. The maximum Gasteiger partial charge on any atom is 0.272 e. The van der Waals surface area contributed by atoms with Gasteiger partial charge in [-0.05, 0) is 49.0 Å². The van der Waals surface area contributed by atoms with Gasteiger partial charge in [0.2, 0.25) is 0 Å². The zero-order valence-corrected chi connectivity index (χ0v) is 13.5. The van der Waals surface area contributed by atoms with Crippen LogP contribution in [0.4, 0.5) is 0 Å². The lowest BCUT2D eigenvalue weighted by Gasteiger charge is -2.02. The summed E-state index contributed by atoms with van der Waals surface area (Å²) in [4.78, 5) is 15.6. The highest BCUT2D eigenvalue weighted by Crippen LogP contribution is 2.30. The fourth-order valence-corrected chi connectivity index (χ4v) is 2.98. The number of carbonyl (C=O) groups is 1. The van der Waals surface area contributed by atoms with Crippen LogP contribution in [-0.4, -0.2) is 16.7 Å². The largest absolute Gasteiger partial charge is 0.461 e. The molecule has 106 valence electrons. The molecule has 2 aromatic rings. The Morgan fingerprint density at radius 1 is 1.33 bits per heavy atom. The number of halogens is 1. The summed E-state index contributed by atoms with van der Waals surface area (Å²) < 4.78 is 6.77. The number of nitrogens with one attached hydrogen (secondary N) is 1. The third-order valence-corrected chi connectivity index (χ3v) is 3.96. The Hall–Kier alpha value is -1.79. The van der Waals surface area contributed by atoms with E-state index < -0.39 is 0 Å². The molecule has 3 rings (SSSR count). The fourth-order valence-electron chi connectivity index (χ4n) is 2.09. The number of aryl methyl sites for hydroxylation is 1. The van der Waals surface area contributed by atoms with Gasteiger partial charge < -0.3 is 4.42 Å². The molecule has 2 heterocycles. The average molecular weight is 363 g/mol. The lowest BCUT2D eigenvalue weighted by molar-refractivity contribution is -0.113. The molecule has 1 aliphatic heterocycles. The van der Waals surface area contributed by atoms with E-state index in [-0.39, 0.29) is 11.0 Å². The highest BCUT2D eigenvalue weighted by molar-refractivity contribution is 9.10. The minimum atomic E-state index is -0.255. The number of hydrogen-bond acceptors (Lipinski definition) is 3. The first kappa shape index (κ1) is 14.2. The van der Waals surface area contributed by atoms with Crippen molar-refractivity contribution in [1.82, 2.24) is 5.32 Å². The van der Waals surface area contributed by atoms with E-state index in [1.165, 1.54) is 5.56 Å². The molecule has 21 heavy (non-hydrogen) atoms. The molecule has 0 atom stereocenters. The molecule has 0 unspecified atom stereocenters. The number of rotatable bonds is 3. The van der Waals surface area contributed by atoms with Crippen LogP contribution in [0.2, 0.25) is 0 Å². The van der Waals surface area contributed by atoms with Crippen LogP contribution < -0.4 is 5.32 Å². The van der Waals surface area contributed by atoms with Crippen molar-refractivity contribution in [3.8, 4) is 11.3 Å². The predicted molar refractivity (Wildman–Crippen MR) is 88.5 cm³/mol. The smallest absolute Gasteiger partial charge is 0.272 e. The SMILES string of the molecule is Cc1ccc(-c2ccc(CC3=NC(=S)NC3=O)o2)c(Br)c1. The second kappa shape index (κ2) is 5.54. The fraction of sp³-hybridized carbons (Fsp3) is 0.133. The lowest BCUT2D eigenvalue weighted by Crippen LogP contribution is -2.25. The summed E-state index contributed by atoms with van der Waals surface area (Å²) in [5.74, 6) is 1.17. The van der Waals surface area contributed by atoms with Crippen LogP contribution in [0.5, 0.6) is 0 Å². The number of benzene rings is 1. The summed E-state index contributed by atoms with van der Waals surface area (Å²) in [7, 11) is 0. The topological polar surface area (TPSA) is 54.6 Å². The minimum absolute atomic E-state index is 0.211. The van der Waals surface area contributed by atoms with E-state index in [0.29, 0.717) is 17.9 Å². The quantitative estimate of drug-likeness (QED) is 0.851. The van der Waals surface area contributed by atoms with Gasteiger partial charge in [0.15, 0.2) is 5.11 Å². The molecular weight excluding hydrogens is 352 g/mol. The molecule has 1 N–H and O–H groups in total. The summed E-state index contributed by atoms with van der Waals surface area (Å²) in [5, 5.41) is 2.69. The molecule has 0 radical (unpaired) electrons. The van der Waals surface area contributed by atoms with E-state index in [4.69, 9.17) is 16.6 Å². The van der Waals surface area contributed by atoms with Crippen LogP contribution in [0.25, 0.3) is 11.3 Å². The Morgan fingerprint density at radius 2 is 2.14 bits per heavy atom. The number of amides is 1. The van der Waals surface area contributed by atoms with Crippen molar-refractivity contribution < 1.29 is 9.21 Å². The van der Waals surface area contributed by atoms with Gasteiger partial charge in [0.1, 0.15) is 17.2 Å². The first-order valence-electron chi connectivity index (χ1n) is 6.31. The van der Waals surface area contributed by atoms with Crippen LogP contribution >= 0.6 is 28.1 Å². The third kappa shape index (κ3) is 2.96. The number of thiocarbonyl (C=S) groups is 1. The van der Waals surface area contributed by atoms with Crippen molar-refractivity contribution in [2.24, 2.45) is 4.99 Å². The Labute approximate surface area is 135 Å². The summed E-state index contributed by atoms with van der Waals surface area (Å²) in [6.45, 7) is 2.03. The minimum Gasteiger partial charge on any atom is -0.461 e. The molecule has 1 amide bonds. The summed E-state index contributed by atoms with van der Waals surface area (Å²) in [5.41, 5.74) is 2.52. The number of furan rings is 1. The lowest BCUT2D eigenvalue weighted by atomic mass is 10.1. The number of nitrogens with zero attached hydrogens (tertiary/aromatic N) is 1. The number of hydrogen-bond donors (Lipinski definition) is 1. The van der Waals surface area contributed by atoms with Gasteiger partial charge in [-0.15, -0.1) is 0 Å². The number of aliphatic imine (C=N–C) groups is 1. The van der Waals surface area contributed by atoms with Gasteiger partial charge in [-0.3, -0.25) is 10.1 Å². The zero-order valence-electron chi connectivity index (χ0n) is 11.1. The highest BCUT2D eigenvalue weighted by Gasteiger charge is 2.22. The monoisotopic (exact) mass is 362 g/mol.